The van der Waals surface area contributed by atoms with Crippen LogP contribution in [-0.4, -0.2) is 12.6 Å². The van der Waals surface area contributed by atoms with Crippen LogP contribution in [0.4, 0.5) is 5.69 Å². The first-order chi connectivity index (χ1) is 6.31. The lowest BCUT2D eigenvalue weighted by atomic mass is 10.0. The maximum Gasteiger partial charge on any atom is 0.142 e. The number of hydrogen-bond acceptors (Lipinski definition) is 2. The third kappa shape index (κ3) is 1.59. The number of aryl methyl sites for hydroxylation is 1. The standard InChI is InChI=1S/C10H12ClNO/c1-13-8-4-2-3-7-5-6-9(11)12-10(7)8/h2-4,9,12H,5-6H2,1H3. The highest BCUT2D eigenvalue weighted by atomic mass is 35.5. The number of hydrogen-bond donors (Lipinski definition) is 1. The molecule has 1 aromatic carbocycles. The molecular formula is C10H12ClNO. The van der Waals surface area contributed by atoms with E-state index in [0.29, 0.717) is 0 Å². The summed E-state index contributed by atoms with van der Waals surface area (Å²) in [7, 11) is 1.68. The number of nitrogens with one attached hydrogen (secondary N) is 1. The van der Waals surface area contributed by atoms with Gasteiger partial charge in [-0.25, -0.2) is 0 Å². The van der Waals surface area contributed by atoms with Crippen molar-refractivity contribution >= 4 is 17.3 Å². The van der Waals surface area contributed by atoms with Gasteiger partial charge < -0.3 is 10.1 Å². The molecule has 0 radical (unpaired) electrons. The second-order valence-electron chi connectivity index (χ2n) is 3.14. The van der Waals surface area contributed by atoms with E-state index in [9.17, 15) is 0 Å². The van der Waals surface area contributed by atoms with E-state index < -0.39 is 0 Å². The molecule has 1 N–H and O–H groups in total. The van der Waals surface area contributed by atoms with Gasteiger partial charge in [-0.05, 0) is 24.5 Å². The third-order valence-corrected chi connectivity index (χ3v) is 2.63. The van der Waals surface area contributed by atoms with E-state index in [0.717, 1.165) is 24.3 Å². The Morgan fingerprint density at radius 1 is 1.54 bits per heavy atom. The van der Waals surface area contributed by atoms with E-state index in [2.05, 4.69) is 11.4 Å². The molecule has 0 saturated heterocycles. The molecule has 1 unspecified atom stereocenters. The third-order valence-electron chi connectivity index (χ3n) is 2.30. The van der Waals surface area contributed by atoms with Crippen LogP contribution in [0.2, 0.25) is 0 Å². The van der Waals surface area contributed by atoms with Gasteiger partial charge in [0.05, 0.1) is 12.8 Å². The van der Waals surface area contributed by atoms with Crippen molar-refractivity contribution in [2.24, 2.45) is 0 Å². The number of rotatable bonds is 1. The first-order valence-electron chi connectivity index (χ1n) is 4.38. The van der Waals surface area contributed by atoms with Crippen molar-refractivity contribution in [3.63, 3.8) is 0 Å². The zero-order chi connectivity index (χ0) is 9.26. The fourth-order valence-electron chi connectivity index (χ4n) is 1.63. The normalized spacial score (nSPS) is 20.3. The van der Waals surface area contributed by atoms with Crippen LogP contribution in [0.5, 0.6) is 5.75 Å². The molecule has 2 nitrogen and oxygen atoms in total. The van der Waals surface area contributed by atoms with Crippen LogP contribution in [-0.2, 0) is 6.42 Å². The van der Waals surface area contributed by atoms with E-state index in [-0.39, 0.29) is 5.50 Å². The highest BCUT2D eigenvalue weighted by Gasteiger charge is 2.18. The van der Waals surface area contributed by atoms with Gasteiger partial charge in [-0.3, -0.25) is 0 Å². The monoisotopic (exact) mass is 197 g/mol. The molecule has 1 aliphatic rings. The fourth-order valence-corrected chi connectivity index (χ4v) is 1.85. The second-order valence-corrected chi connectivity index (χ2v) is 3.67. The van der Waals surface area contributed by atoms with Gasteiger partial charge in [0.15, 0.2) is 0 Å². The SMILES string of the molecule is COc1cccc2c1NC(Cl)CC2. The molecule has 0 saturated carbocycles. The minimum atomic E-state index is 0.0313. The van der Waals surface area contributed by atoms with E-state index in [4.69, 9.17) is 16.3 Å². The summed E-state index contributed by atoms with van der Waals surface area (Å²) in [5.41, 5.74) is 2.37. The molecule has 2 rings (SSSR count). The lowest BCUT2D eigenvalue weighted by Gasteiger charge is -2.24. The van der Waals surface area contributed by atoms with Gasteiger partial charge in [0.1, 0.15) is 11.3 Å². The molecule has 1 atom stereocenters. The van der Waals surface area contributed by atoms with Gasteiger partial charge in [0.25, 0.3) is 0 Å². The lowest BCUT2D eigenvalue weighted by molar-refractivity contribution is 0.415. The number of alkyl halides is 1. The van der Waals surface area contributed by atoms with Crippen LogP contribution in [0.25, 0.3) is 0 Å². The van der Waals surface area contributed by atoms with Crippen LogP contribution in [0, 0.1) is 0 Å². The molecule has 1 aliphatic heterocycles. The molecule has 70 valence electrons. The number of ether oxygens (including phenoxy) is 1. The van der Waals surface area contributed by atoms with Crippen molar-refractivity contribution < 1.29 is 4.74 Å². The first kappa shape index (κ1) is 8.70. The summed E-state index contributed by atoms with van der Waals surface area (Å²) in [5, 5.41) is 3.22. The van der Waals surface area contributed by atoms with Gasteiger partial charge in [0, 0.05) is 0 Å². The zero-order valence-corrected chi connectivity index (χ0v) is 8.27. The van der Waals surface area contributed by atoms with Crippen LogP contribution in [0.1, 0.15) is 12.0 Å². The average Bonchev–Trinajstić information content (AvgIpc) is 2.17. The molecule has 0 aliphatic carbocycles. The Labute approximate surface area is 82.9 Å². The van der Waals surface area contributed by atoms with Gasteiger partial charge in [-0.1, -0.05) is 23.7 Å². The Morgan fingerprint density at radius 2 is 2.38 bits per heavy atom. The summed E-state index contributed by atoms with van der Waals surface area (Å²) in [6, 6.07) is 6.06. The van der Waals surface area contributed by atoms with Gasteiger partial charge in [0.2, 0.25) is 0 Å². The predicted octanol–water partition coefficient (Wildman–Crippen LogP) is 2.62. The second kappa shape index (κ2) is 3.46. The van der Waals surface area contributed by atoms with Crippen LogP contribution < -0.4 is 10.1 Å². The topological polar surface area (TPSA) is 21.3 Å². The largest absolute Gasteiger partial charge is 0.495 e. The summed E-state index contributed by atoms with van der Waals surface area (Å²) < 4.78 is 5.24. The first-order valence-corrected chi connectivity index (χ1v) is 4.81. The maximum atomic E-state index is 6.01. The molecule has 13 heavy (non-hydrogen) atoms. The van der Waals surface area contributed by atoms with E-state index in [1.165, 1.54) is 5.56 Å². The van der Waals surface area contributed by atoms with Crippen molar-refractivity contribution in [1.29, 1.82) is 0 Å². The summed E-state index contributed by atoms with van der Waals surface area (Å²) in [4.78, 5) is 0. The Morgan fingerprint density at radius 3 is 3.15 bits per heavy atom. The molecule has 0 amide bonds. The fraction of sp³-hybridized carbons (Fsp3) is 0.400. The maximum absolute atomic E-state index is 6.01. The Bertz CT molecular complexity index is 300. The summed E-state index contributed by atoms with van der Waals surface area (Å²) >= 11 is 6.01. The van der Waals surface area contributed by atoms with Crippen molar-refractivity contribution in [1.82, 2.24) is 0 Å². The number of anilines is 1. The number of para-hydroxylation sites is 1. The minimum Gasteiger partial charge on any atom is -0.495 e. The van der Waals surface area contributed by atoms with Crippen molar-refractivity contribution in [2.45, 2.75) is 18.3 Å². The quantitative estimate of drug-likeness (QED) is 0.552. The Hall–Kier alpha value is -0.890. The zero-order valence-electron chi connectivity index (χ0n) is 7.51. The smallest absolute Gasteiger partial charge is 0.142 e. The average molecular weight is 198 g/mol. The van der Waals surface area contributed by atoms with Crippen molar-refractivity contribution in [3.8, 4) is 5.75 Å². The molecule has 0 bridgehead atoms. The van der Waals surface area contributed by atoms with Crippen LogP contribution in [0.3, 0.4) is 0 Å². The van der Waals surface area contributed by atoms with E-state index in [1.54, 1.807) is 7.11 Å². The lowest BCUT2D eigenvalue weighted by Crippen LogP contribution is -2.20. The minimum absolute atomic E-state index is 0.0313. The van der Waals surface area contributed by atoms with E-state index >= 15 is 0 Å². The molecule has 0 spiro atoms. The number of benzene rings is 1. The molecule has 1 heterocycles. The van der Waals surface area contributed by atoms with Crippen LogP contribution in [0.15, 0.2) is 18.2 Å². The number of halogens is 1. The van der Waals surface area contributed by atoms with E-state index in [1.807, 2.05) is 12.1 Å². The Kier molecular flexibility index (Phi) is 2.32. The summed E-state index contributed by atoms with van der Waals surface area (Å²) in [6.07, 6.45) is 2.00. The molecular weight excluding hydrogens is 186 g/mol. The molecule has 3 heteroatoms. The summed E-state index contributed by atoms with van der Waals surface area (Å²) in [6.45, 7) is 0. The predicted molar refractivity (Wildman–Crippen MR) is 54.6 cm³/mol. The molecule has 0 aromatic heterocycles. The van der Waals surface area contributed by atoms with Crippen LogP contribution >= 0.6 is 11.6 Å². The van der Waals surface area contributed by atoms with Crippen molar-refractivity contribution in [3.05, 3.63) is 23.8 Å². The highest BCUT2D eigenvalue weighted by molar-refractivity contribution is 6.21. The Balaban J connectivity index is 2.41. The summed E-state index contributed by atoms with van der Waals surface area (Å²) in [5.74, 6) is 0.878. The van der Waals surface area contributed by atoms with Gasteiger partial charge in [-0.2, -0.15) is 0 Å². The van der Waals surface area contributed by atoms with Gasteiger partial charge >= 0.3 is 0 Å². The van der Waals surface area contributed by atoms with Gasteiger partial charge in [-0.15, -0.1) is 0 Å². The number of fused-ring (bicyclic) bond motifs is 1. The highest BCUT2D eigenvalue weighted by Crippen LogP contribution is 2.34. The number of methoxy groups -OCH3 is 1. The van der Waals surface area contributed by atoms with Crippen molar-refractivity contribution in [2.75, 3.05) is 12.4 Å². The molecule has 1 aromatic rings. The molecule has 0 fully saturated rings.